The molecule has 1 aromatic carbocycles. The molecule has 6 heteroatoms. The summed E-state index contributed by atoms with van der Waals surface area (Å²) in [6.45, 7) is 7.05. The summed E-state index contributed by atoms with van der Waals surface area (Å²) in [5, 5.41) is 3.66. The average Bonchev–Trinajstić information content (AvgIpc) is 2.85. The predicted molar refractivity (Wildman–Crippen MR) is 101 cm³/mol. The van der Waals surface area contributed by atoms with E-state index in [1.807, 2.05) is 32.0 Å². The maximum absolute atomic E-state index is 5.98. The fourth-order valence-corrected chi connectivity index (χ4v) is 3.86. The van der Waals surface area contributed by atoms with Crippen molar-refractivity contribution in [1.29, 1.82) is 0 Å². The number of rotatable bonds is 4. The molecule has 0 amide bonds. The molecule has 0 saturated carbocycles. The third-order valence-corrected chi connectivity index (χ3v) is 5.06. The van der Waals surface area contributed by atoms with Crippen LogP contribution in [0, 0.1) is 6.92 Å². The van der Waals surface area contributed by atoms with Crippen molar-refractivity contribution in [2.45, 2.75) is 39.0 Å². The van der Waals surface area contributed by atoms with Crippen LogP contribution in [0.5, 0.6) is 5.75 Å². The lowest BCUT2D eigenvalue weighted by atomic mass is 10.0. The molecule has 2 atom stereocenters. The lowest BCUT2D eigenvalue weighted by molar-refractivity contribution is 0.0652. The van der Waals surface area contributed by atoms with E-state index in [0.717, 1.165) is 54.8 Å². The van der Waals surface area contributed by atoms with Crippen LogP contribution in [0.1, 0.15) is 29.6 Å². The molecule has 0 spiro atoms. The van der Waals surface area contributed by atoms with E-state index in [0.29, 0.717) is 6.61 Å². The minimum absolute atomic E-state index is 0.172. The second-order valence-electron chi connectivity index (χ2n) is 7.08. The summed E-state index contributed by atoms with van der Waals surface area (Å²) in [4.78, 5) is 11.7. The first-order valence-corrected chi connectivity index (χ1v) is 9.27. The summed E-state index contributed by atoms with van der Waals surface area (Å²) in [6, 6.07) is 8.41. The first kappa shape index (κ1) is 17.2. The average molecular weight is 354 g/mol. The Morgan fingerprint density at radius 3 is 2.96 bits per heavy atom. The fraction of sp³-hybridized carbons (Fsp3) is 0.500. The second kappa shape index (κ2) is 7.21. The molecule has 0 aliphatic carbocycles. The van der Waals surface area contributed by atoms with Crippen molar-refractivity contribution in [3.8, 4) is 5.75 Å². The normalized spacial score (nSPS) is 22.3. The van der Waals surface area contributed by atoms with E-state index in [9.17, 15) is 0 Å². The number of para-hydroxylation sites is 1. The van der Waals surface area contributed by atoms with Crippen molar-refractivity contribution in [2.24, 2.45) is 0 Å². The standard InChI is InChI=1S/C20H26N4O2/c1-4-25-19-11-24(3)10-16(19)23-20-15-9-14-7-5-6-8-18(14)26-12-17(15)21-13(2)22-20/h5-8,16,19H,4,9-12H2,1-3H3,(H,21,22,23)/t16-,19-/m0/s1. The van der Waals surface area contributed by atoms with Crippen LogP contribution in [0.25, 0.3) is 0 Å². The summed E-state index contributed by atoms with van der Waals surface area (Å²) in [5.41, 5.74) is 3.27. The molecule has 4 rings (SSSR count). The Morgan fingerprint density at radius 2 is 2.12 bits per heavy atom. The number of hydrogen-bond donors (Lipinski definition) is 1. The zero-order valence-electron chi connectivity index (χ0n) is 15.7. The van der Waals surface area contributed by atoms with E-state index >= 15 is 0 Å². The SMILES string of the molecule is CCO[C@H]1CN(C)C[C@@H]1Nc1nc(C)nc2c1Cc1ccccc1OC2. The molecule has 0 radical (unpaired) electrons. The van der Waals surface area contributed by atoms with E-state index in [-0.39, 0.29) is 12.1 Å². The molecule has 2 aliphatic rings. The van der Waals surface area contributed by atoms with Crippen LogP contribution in [0.2, 0.25) is 0 Å². The van der Waals surface area contributed by atoms with Crippen LogP contribution in [-0.2, 0) is 17.8 Å². The molecule has 0 unspecified atom stereocenters. The van der Waals surface area contributed by atoms with Crippen molar-refractivity contribution >= 4 is 5.82 Å². The highest BCUT2D eigenvalue weighted by Gasteiger charge is 2.32. The number of likely N-dealkylation sites (N-methyl/N-ethyl adjacent to an activating group) is 1. The molecule has 3 heterocycles. The number of anilines is 1. The molecule has 2 aliphatic heterocycles. The summed E-state index contributed by atoms with van der Waals surface area (Å²) >= 11 is 0. The first-order chi connectivity index (χ1) is 12.6. The van der Waals surface area contributed by atoms with E-state index in [2.05, 4.69) is 28.3 Å². The first-order valence-electron chi connectivity index (χ1n) is 9.27. The lowest BCUT2D eigenvalue weighted by Gasteiger charge is -2.22. The lowest BCUT2D eigenvalue weighted by Crippen LogP contribution is -2.35. The van der Waals surface area contributed by atoms with Gasteiger partial charge in [0.25, 0.3) is 0 Å². The summed E-state index contributed by atoms with van der Waals surface area (Å²) in [5.74, 6) is 2.61. The van der Waals surface area contributed by atoms with E-state index in [1.165, 1.54) is 5.56 Å². The van der Waals surface area contributed by atoms with E-state index in [4.69, 9.17) is 14.5 Å². The van der Waals surface area contributed by atoms with Crippen molar-refractivity contribution < 1.29 is 9.47 Å². The van der Waals surface area contributed by atoms with Crippen molar-refractivity contribution in [3.63, 3.8) is 0 Å². The zero-order valence-corrected chi connectivity index (χ0v) is 15.7. The van der Waals surface area contributed by atoms with Crippen LogP contribution in [0.3, 0.4) is 0 Å². The van der Waals surface area contributed by atoms with Gasteiger partial charge in [0.15, 0.2) is 0 Å². The van der Waals surface area contributed by atoms with Gasteiger partial charge >= 0.3 is 0 Å². The van der Waals surface area contributed by atoms with Crippen molar-refractivity contribution in [2.75, 3.05) is 32.1 Å². The Kier molecular flexibility index (Phi) is 4.78. The highest BCUT2D eigenvalue weighted by Crippen LogP contribution is 2.31. The van der Waals surface area contributed by atoms with E-state index < -0.39 is 0 Å². The zero-order chi connectivity index (χ0) is 18.1. The summed E-state index contributed by atoms with van der Waals surface area (Å²) in [6.07, 6.45) is 0.945. The number of aromatic nitrogens is 2. The molecule has 26 heavy (non-hydrogen) atoms. The Labute approximate surface area is 154 Å². The number of ether oxygens (including phenoxy) is 2. The molecular weight excluding hydrogens is 328 g/mol. The molecule has 1 saturated heterocycles. The number of nitrogens with one attached hydrogen (secondary N) is 1. The molecule has 2 aromatic rings. The highest BCUT2D eigenvalue weighted by atomic mass is 16.5. The van der Waals surface area contributed by atoms with Crippen LogP contribution < -0.4 is 10.1 Å². The van der Waals surface area contributed by atoms with Crippen LogP contribution in [-0.4, -0.2) is 53.8 Å². The molecular formula is C20H26N4O2. The van der Waals surface area contributed by atoms with Gasteiger partial charge in [-0.15, -0.1) is 0 Å². The summed E-state index contributed by atoms with van der Waals surface area (Å²) < 4.78 is 11.9. The van der Waals surface area contributed by atoms with Crippen LogP contribution in [0.15, 0.2) is 24.3 Å². The maximum Gasteiger partial charge on any atom is 0.134 e. The van der Waals surface area contributed by atoms with Gasteiger partial charge in [-0.1, -0.05) is 18.2 Å². The Morgan fingerprint density at radius 1 is 1.27 bits per heavy atom. The number of nitrogens with zero attached hydrogens (tertiary/aromatic N) is 3. The van der Waals surface area contributed by atoms with Gasteiger partial charge in [-0.2, -0.15) is 0 Å². The largest absolute Gasteiger partial charge is 0.487 e. The van der Waals surface area contributed by atoms with Crippen molar-refractivity contribution in [1.82, 2.24) is 14.9 Å². The number of hydrogen-bond acceptors (Lipinski definition) is 6. The Hall–Kier alpha value is -2.18. The van der Waals surface area contributed by atoms with Gasteiger partial charge in [0.1, 0.15) is 24.0 Å². The van der Waals surface area contributed by atoms with Gasteiger partial charge in [0.05, 0.1) is 17.8 Å². The minimum Gasteiger partial charge on any atom is -0.487 e. The third kappa shape index (κ3) is 3.39. The quantitative estimate of drug-likeness (QED) is 0.910. The highest BCUT2D eigenvalue weighted by molar-refractivity contribution is 5.53. The molecule has 6 nitrogen and oxygen atoms in total. The van der Waals surface area contributed by atoms with Gasteiger partial charge in [-0.05, 0) is 32.5 Å². The fourth-order valence-electron chi connectivity index (χ4n) is 3.86. The Balaban J connectivity index is 1.66. The van der Waals surface area contributed by atoms with Gasteiger partial charge in [-0.25, -0.2) is 9.97 Å². The maximum atomic E-state index is 5.98. The topological polar surface area (TPSA) is 59.5 Å². The van der Waals surface area contributed by atoms with Crippen LogP contribution >= 0.6 is 0 Å². The van der Waals surface area contributed by atoms with Gasteiger partial charge < -0.3 is 19.7 Å². The molecule has 138 valence electrons. The van der Waals surface area contributed by atoms with Gasteiger partial charge in [-0.3, -0.25) is 0 Å². The number of aryl methyl sites for hydroxylation is 1. The smallest absolute Gasteiger partial charge is 0.134 e. The van der Waals surface area contributed by atoms with Crippen molar-refractivity contribution in [3.05, 3.63) is 46.9 Å². The minimum atomic E-state index is 0.172. The molecule has 1 aromatic heterocycles. The molecule has 0 bridgehead atoms. The predicted octanol–water partition coefficient (Wildman–Crippen LogP) is 2.40. The number of likely N-dealkylation sites (tertiary alicyclic amines) is 1. The summed E-state index contributed by atoms with van der Waals surface area (Å²) in [7, 11) is 2.13. The third-order valence-electron chi connectivity index (χ3n) is 5.06. The van der Waals surface area contributed by atoms with E-state index in [1.54, 1.807) is 0 Å². The molecule has 1 N–H and O–H groups in total. The molecule has 1 fully saturated rings. The number of benzene rings is 1. The van der Waals surface area contributed by atoms with Crippen LogP contribution in [0.4, 0.5) is 5.82 Å². The monoisotopic (exact) mass is 354 g/mol. The van der Waals surface area contributed by atoms with Gasteiger partial charge in [0, 0.05) is 31.7 Å². The number of fused-ring (bicyclic) bond motifs is 2. The second-order valence-corrected chi connectivity index (χ2v) is 7.08. The van der Waals surface area contributed by atoms with Gasteiger partial charge in [0.2, 0.25) is 0 Å². The Bertz CT molecular complexity index is 795.